The number of fused-ring (bicyclic) bond motifs is 1. The summed E-state index contributed by atoms with van der Waals surface area (Å²) in [6.45, 7) is 4.11. The van der Waals surface area contributed by atoms with Gasteiger partial charge in [-0.2, -0.15) is 0 Å². The van der Waals surface area contributed by atoms with Crippen LogP contribution in [0.4, 0.5) is 0 Å². The van der Waals surface area contributed by atoms with Gasteiger partial charge < -0.3 is 14.5 Å². The number of carbonyl (C=O) groups is 1. The Hall–Kier alpha value is -1.97. The number of hydrogen-bond acceptors (Lipinski definition) is 3. The monoisotopic (exact) mass is 247 g/mol. The Morgan fingerprint density at radius 1 is 1.28 bits per heavy atom. The van der Waals surface area contributed by atoms with Gasteiger partial charge in [0, 0.05) is 11.5 Å². The van der Waals surface area contributed by atoms with Gasteiger partial charge in [0.05, 0.1) is 19.7 Å². The summed E-state index contributed by atoms with van der Waals surface area (Å²) in [5, 5.41) is 1.03. The van der Waals surface area contributed by atoms with E-state index in [1.54, 1.807) is 7.11 Å². The number of methoxy groups -OCH3 is 2. The fourth-order valence-electron chi connectivity index (χ4n) is 2.19. The smallest absolute Gasteiger partial charge is 0.354 e. The van der Waals surface area contributed by atoms with Crippen molar-refractivity contribution in [3.05, 3.63) is 29.5 Å². The molecule has 0 aliphatic heterocycles. The number of benzene rings is 1. The molecule has 18 heavy (non-hydrogen) atoms. The van der Waals surface area contributed by atoms with Crippen LogP contribution in [0.1, 0.15) is 35.8 Å². The number of ether oxygens (including phenoxy) is 2. The van der Waals surface area contributed by atoms with Crippen LogP contribution >= 0.6 is 0 Å². The zero-order chi connectivity index (χ0) is 13.3. The Balaban J connectivity index is 2.70. The Morgan fingerprint density at radius 3 is 2.56 bits per heavy atom. The molecule has 0 spiro atoms. The minimum atomic E-state index is -0.339. The largest absolute Gasteiger partial charge is 0.497 e. The molecule has 0 unspecified atom stereocenters. The summed E-state index contributed by atoms with van der Waals surface area (Å²) in [4.78, 5) is 14.9. The first kappa shape index (κ1) is 12.5. The van der Waals surface area contributed by atoms with E-state index in [1.807, 2.05) is 18.2 Å². The Bertz CT molecular complexity index is 584. The van der Waals surface area contributed by atoms with E-state index >= 15 is 0 Å². The van der Waals surface area contributed by atoms with Crippen LogP contribution in [0, 0.1) is 0 Å². The lowest BCUT2D eigenvalue weighted by Crippen LogP contribution is -2.05. The van der Waals surface area contributed by atoms with Crippen molar-refractivity contribution >= 4 is 16.9 Å². The molecule has 4 heteroatoms. The quantitative estimate of drug-likeness (QED) is 0.848. The maximum atomic E-state index is 11.8. The molecule has 0 saturated carbocycles. The van der Waals surface area contributed by atoms with Gasteiger partial charge in [-0.05, 0) is 23.6 Å². The average Bonchev–Trinajstić information content (AvgIpc) is 2.75. The zero-order valence-corrected chi connectivity index (χ0v) is 11.0. The molecule has 0 amide bonds. The SMILES string of the molecule is COC(=O)c1[nH]c2cc(OC)ccc2c1C(C)C. The molecule has 0 saturated heterocycles. The predicted octanol–water partition coefficient (Wildman–Crippen LogP) is 3.09. The van der Waals surface area contributed by atoms with Crippen LogP contribution in [-0.4, -0.2) is 25.2 Å². The highest BCUT2D eigenvalue weighted by molar-refractivity contribution is 5.99. The molecule has 1 heterocycles. The van der Waals surface area contributed by atoms with Gasteiger partial charge in [0.2, 0.25) is 0 Å². The molecular formula is C14H17NO3. The van der Waals surface area contributed by atoms with Crippen molar-refractivity contribution in [1.82, 2.24) is 4.98 Å². The van der Waals surface area contributed by atoms with Crippen molar-refractivity contribution in [2.24, 2.45) is 0 Å². The molecule has 4 nitrogen and oxygen atoms in total. The van der Waals surface area contributed by atoms with Gasteiger partial charge in [-0.15, -0.1) is 0 Å². The Kier molecular flexibility index (Phi) is 3.28. The Labute approximate surface area is 106 Å². The van der Waals surface area contributed by atoms with Crippen LogP contribution in [-0.2, 0) is 4.74 Å². The topological polar surface area (TPSA) is 51.3 Å². The molecule has 96 valence electrons. The molecule has 1 aromatic heterocycles. The van der Waals surface area contributed by atoms with Crippen molar-refractivity contribution in [3.63, 3.8) is 0 Å². The highest BCUT2D eigenvalue weighted by Gasteiger charge is 2.20. The fourth-order valence-corrected chi connectivity index (χ4v) is 2.19. The van der Waals surface area contributed by atoms with Crippen molar-refractivity contribution in [3.8, 4) is 5.75 Å². The molecule has 0 radical (unpaired) electrons. The third-order valence-corrected chi connectivity index (χ3v) is 3.01. The minimum Gasteiger partial charge on any atom is -0.497 e. The summed E-state index contributed by atoms with van der Waals surface area (Å²) < 4.78 is 9.99. The van der Waals surface area contributed by atoms with E-state index in [1.165, 1.54) is 7.11 Å². The lowest BCUT2D eigenvalue weighted by atomic mass is 9.99. The van der Waals surface area contributed by atoms with Crippen LogP contribution in [0.3, 0.4) is 0 Å². The molecule has 0 bridgehead atoms. The summed E-state index contributed by atoms with van der Waals surface area (Å²) >= 11 is 0. The van der Waals surface area contributed by atoms with Gasteiger partial charge in [-0.3, -0.25) is 0 Å². The lowest BCUT2D eigenvalue weighted by Gasteiger charge is -2.06. The van der Waals surface area contributed by atoms with Crippen LogP contribution in [0.2, 0.25) is 0 Å². The molecule has 0 fully saturated rings. The summed E-state index contributed by atoms with van der Waals surface area (Å²) in [5.74, 6) is 0.658. The summed E-state index contributed by atoms with van der Waals surface area (Å²) in [6, 6.07) is 5.74. The number of H-pyrrole nitrogens is 1. The highest BCUT2D eigenvalue weighted by Crippen LogP contribution is 2.31. The maximum absolute atomic E-state index is 11.8. The first-order chi connectivity index (χ1) is 8.58. The molecule has 0 atom stereocenters. The van der Waals surface area contributed by atoms with E-state index in [4.69, 9.17) is 9.47 Å². The zero-order valence-electron chi connectivity index (χ0n) is 11.0. The van der Waals surface area contributed by atoms with Gasteiger partial charge >= 0.3 is 5.97 Å². The third-order valence-electron chi connectivity index (χ3n) is 3.01. The molecule has 2 rings (SSSR count). The number of esters is 1. The number of rotatable bonds is 3. The summed E-state index contributed by atoms with van der Waals surface area (Å²) in [7, 11) is 3.01. The van der Waals surface area contributed by atoms with Crippen LogP contribution < -0.4 is 4.74 Å². The summed E-state index contributed by atoms with van der Waals surface area (Å²) in [6.07, 6.45) is 0. The molecule has 1 N–H and O–H groups in total. The first-order valence-electron chi connectivity index (χ1n) is 5.86. The summed E-state index contributed by atoms with van der Waals surface area (Å²) in [5.41, 5.74) is 2.40. The van der Waals surface area contributed by atoms with E-state index in [0.717, 1.165) is 22.2 Å². The fraction of sp³-hybridized carbons (Fsp3) is 0.357. The number of hydrogen-bond donors (Lipinski definition) is 1. The molecular weight excluding hydrogens is 230 g/mol. The van der Waals surface area contributed by atoms with E-state index in [0.29, 0.717) is 5.69 Å². The number of nitrogens with one attached hydrogen (secondary N) is 1. The van der Waals surface area contributed by atoms with E-state index in [-0.39, 0.29) is 11.9 Å². The third kappa shape index (κ3) is 1.94. The van der Waals surface area contributed by atoms with Crippen molar-refractivity contribution in [2.45, 2.75) is 19.8 Å². The van der Waals surface area contributed by atoms with Crippen molar-refractivity contribution in [2.75, 3.05) is 14.2 Å². The molecule has 0 aliphatic rings. The molecule has 0 aliphatic carbocycles. The second-order valence-corrected chi connectivity index (χ2v) is 4.47. The second-order valence-electron chi connectivity index (χ2n) is 4.47. The second kappa shape index (κ2) is 4.72. The normalized spacial score (nSPS) is 10.9. The van der Waals surface area contributed by atoms with Crippen molar-refractivity contribution < 1.29 is 14.3 Å². The standard InChI is InChI=1S/C14H17NO3/c1-8(2)12-10-6-5-9(17-3)7-11(10)15-13(12)14(16)18-4/h5-8,15H,1-4H3. The highest BCUT2D eigenvalue weighted by atomic mass is 16.5. The predicted molar refractivity (Wildman–Crippen MR) is 70.3 cm³/mol. The van der Waals surface area contributed by atoms with Crippen LogP contribution in [0.5, 0.6) is 5.75 Å². The van der Waals surface area contributed by atoms with E-state index < -0.39 is 0 Å². The Morgan fingerprint density at radius 2 is 2.00 bits per heavy atom. The van der Waals surface area contributed by atoms with Gasteiger partial charge in [-0.25, -0.2) is 4.79 Å². The van der Waals surface area contributed by atoms with E-state index in [9.17, 15) is 4.79 Å². The number of aromatic nitrogens is 1. The van der Waals surface area contributed by atoms with Crippen LogP contribution in [0.15, 0.2) is 18.2 Å². The van der Waals surface area contributed by atoms with Crippen LogP contribution in [0.25, 0.3) is 10.9 Å². The first-order valence-corrected chi connectivity index (χ1v) is 5.86. The lowest BCUT2D eigenvalue weighted by molar-refractivity contribution is 0.0593. The minimum absolute atomic E-state index is 0.237. The number of carbonyl (C=O) groups excluding carboxylic acids is 1. The van der Waals surface area contributed by atoms with Gasteiger partial charge in [0.25, 0.3) is 0 Å². The average molecular weight is 247 g/mol. The number of aromatic amines is 1. The molecule has 1 aromatic carbocycles. The van der Waals surface area contributed by atoms with Gasteiger partial charge in [-0.1, -0.05) is 13.8 Å². The van der Waals surface area contributed by atoms with E-state index in [2.05, 4.69) is 18.8 Å². The molecule has 2 aromatic rings. The maximum Gasteiger partial charge on any atom is 0.354 e. The van der Waals surface area contributed by atoms with Crippen molar-refractivity contribution in [1.29, 1.82) is 0 Å². The van der Waals surface area contributed by atoms with Gasteiger partial charge in [0.1, 0.15) is 11.4 Å². The van der Waals surface area contributed by atoms with Gasteiger partial charge in [0.15, 0.2) is 0 Å².